The van der Waals surface area contributed by atoms with Crippen LogP contribution in [0.2, 0.25) is 0 Å². The summed E-state index contributed by atoms with van der Waals surface area (Å²) in [5.74, 6) is 0.400. The molecule has 33 heavy (non-hydrogen) atoms. The van der Waals surface area contributed by atoms with Crippen molar-refractivity contribution in [2.75, 3.05) is 17.7 Å². The molecule has 0 bridgehead atoms. The molecule has 1 heterocycles. The van der Waals surface area contributed by atoms with Crippen LogP contribution in [0.5, 0.6) is 5.75 Å². The van der Waals surface area contributed by atoms with E-state index < -0.39 is 5.25 Å². The maximum Gasteiger partial charge on any atom is 0.237 e. The number of aromatic nitrogens is 1. The fourth-order valence-electron chi connectivity index (χ4n) is 3.06. The first-order valence-corrected chi connectivity index (χ1v) is 11.2. The minimum absolute atomic E-state index is 0.160. The van der Waals surface area contributed by atoms with Gasteiger partial charge in [0.15, 0.2) is 0 Å². The van der Waals surface area contributed by atoms with Crippen LogP contribution in [0.25, 0.3) is 11.3 Å². The van der Waals surface area contributed by atoms with E-state index in [0.717, 1.165) is 11.3 Å². The first kappa shape index (κ1) is 23.8. The van der Waals surface area contributed by atoms with E-state index in [4.69, 9.17) is 4.74 Å². The zero-order valence-electron chi connectivity index (χ0n) is 18.6. The predicted molar refractivity (Wildman–Crippen MR) is 130 cm³/mol. The molecule has 3 rings (SSSR count). The van der Waals surface area contributed by atoms with Crippen LogP contribution >= 0.6 is 11.8 Å². The standard InChI is InChI=1S/C25H24N4O3S/c1-4-23(24(31)28-20-10-8-19(9-11-20)27-16(2)30)33-25-18(15-26)7-14-22(29-25)17-5-12-21(32-3)13-6-17/h5-14,23H,4H2,1-3H3,(H,27,30)(H,28,31). The highest BCUT2D eigenvalue weighted by Crippen LogP contribution is 2.31. The molecule has 0 fully saturated rings. The van der Waals surface area contributed by atoms with Gasteiger partial charge in [-0.1, -0.05) is 18.7 Å². The maximum absolute atomic E-state index is 12.9. The Bertz CT molecular complexity index is 1170. The maximum atomic E-state index is 12.9. The average molecular weight is 461 g/mol. The highest BCUT2D eigenvalue weighted by molar-refractivity contribution is 8.00. The van der Waals surface area contributed by atoms with Gasteiger partial charge < -0.3 is 15.4 Å². The van der Waals surface area contributed by atoms with Crippen molar-refractivity contribution >= 4 is 35.0 Å². The average Bonchev–Trinajstić information content (AvgIpc) is 2.83. The summed E-state index contributed by atoms with van der Waals surface area (Å²) in [4.78, 5) is 28.7. The number of carbonyl (C=O) groups excluding carboxylic acids is 2. The topological polar surface area (TPSA) is 104 Å². The van der Waals surface area contributed by atoms with Gasteiger partial charge in [0, 0.05) is 23.9 Å². The van der Waals surface area contributed by atoms with Crippen molar-refractivity contribution in [2.24, 2.45) is 0 Å². The number of methoxy groups -OCH3 is 1. The molecule has 0 saturated carbocycles. The molecule has 2 N–H and O–H groups in total. The van der Waals surface area contributed by atoms with Gasteiger partial charge in [-0.3, -0.25) is 9.59 Å². The number of benzene rings is 2. The number of nitrogens with one attached hydrogen (secondary N) is 2. The Kier molecular flexibility index (Phi) is 8.06. The van der Waals surface area contributed by atoms with E-state index in [9.17, 15) is 14.9 Å². The lowest BCUT2D eigenvalue weighted by atomic mass is 10.1. The summed E-state index contributed by atoms with van der Waals surface area (Å²) in [6, 6.07) is 20.1. The van der Waals surface area contributed by atoms with Gasteiger partial charge in [-0.05, 0) is 67.1 Å². The second-order valence-corrected chi connectivity index (χ2v) is 8.34. The first-order valence-electron chi connectivity index (χ1n) is 10.3. The highest BCUT2D eigenvalue weighted by Gasteiger charge is 2.21. The van der Waals surface area contributed by atoms with Crippen molar-refractivity contribution in [2.45, 2.75) is 30.5 Å². The molecular formula is C25H24N4O3S. The number of ether oxygens (including phenoxy) is 1. The monoisotopic (exact) mass is 460 g/mol. The number of amides is 2. The molecule has 0 radical (unpaired) electrons. The molecule has 7 nitrogen and oxygen atoms in total. The number of carbonyl (C=O) groups is 2. The van der Waals surface area contributed by atoms with E-state index in [1.807, 2.05) is 31.2 Å². The molecule has 0 aliphatic carbocycles. The van der Waals surface area contributed by atoms with Gasteiger partial charge in [0.05, 0.1) is 23.6 Å². The van der Waals surface area contributed by atoms with Gasteiger partial charge in [0.25, 0.3) is 0 Å². The minimum atomic E-state index is -0.439. The molecule has 1 aromatic heterocycles. The summed E-state index contributed by atoms with van der Waals surface area (Å²) in [6.45, 7) is 3.35. The molecule has 1 unspecified atom stereocenters. The molecular weight excluding hydrogens is 436 g/mol. The van der Waals surface area contributed by atoms with Crippen LogP contribution < -0.4 is 15.4 Å². The van der Waals surface area contributed by atoms with Gasteiger partial charge in [-0.25, -0.2) is 4.98 Å². The smallest absolute Gasteiger partial charge is 0.237 e. The number of thioether (sulfide) groups is 1. The fourth-order valence-corrected chi connectivity index (χ4v) is 4.05. The molecule has 8 heteroatoms. The zero-order chi connectivity index (χ0) is 23.8. The Morgan fingerprint density at radius 2 is 1.67 bits per heavy atom. The van der Waals surface area contributed by atoms with Crippen LogP contribution in [0.4, 0.5) is 11.4 Å². The minimum Gasteiger partial charge on any atom is -0.497 e. The van der Waals surface area contributed by atoms with Gasteiger partial charge in [0.2, 0.25) is 11.8 Å². The van der Waals surface area contributed by atoms with E-state index in [2.05, 4.69) is 21.7 Å². The number of nitriles is 1. The summed E-state index contributed by atoms with van der Waals surface area (Å²) in [5.41, 5.74) is 3.29. The lowest BCUT2D eigenvalue weighted by Gasteiger charge is -2.16. The number of hydrogen-bond acceptors (Lipinski definition) is 6. The van der Waals surface area contributed by atoms with Crippen molar-refractivity contribution in [1.82, 2.24) is 4.98 Å². The summed E-state index contributed by atoms with van der Waals surface area (Å²) in [7, 11) is 1.61. The van der Waals surface area contributed by atoms with Crippen molar-refractivity contribution in [3.63, 3.8) is 0 Å². The molecule has 0 saturated heterocycles. The Labute approximate surface area is 197 Å². The van der Waals surface area contributed by atoms with Crippen molar-refractivity contribution < 1.29 is 14.3 Å². The van der Waals surface area contributed by atoms with Crippen LogP contribution in [0.1, 0.15) is 25.8 Å². The quantitative estimate of drug-likeness (QED) is 0.454. The number of anilines is 2. The molecule has 2 aromatic carbocycles. The van der Waals surface area contributed by atoms with Gasteiger partial charge in [0.1, 0.15) is 16.8 Å². The second-order valence-electron chi connectivity index (χ2n) is 7.15. The van der Waals surface area contributed by atoms with Crippen LogP contribution in [0.3, 0.4) is 0 Å². The first-order chi connectivity index (χ1) is 15.9. The second kappa shape index (κ2) is 11.2. The third-order valence-corrected chi connectivity index (χ3v) is 6.12. The largest absolute Gasteiger partial charge is 0.497 e. The van der Waals surface area contributed by atoms with Gasteiger partial charge >= 0.3 is 0 Å². The molecule has 0 aliphatic rings. The number of rotatable bonds is 8. The fraction of sp³-hybridized carbons (Fsp3) is 0.200. The van der Waals surface area contributed by atoms with E-state index >= 15 is 0 Å². The molecule has 3 aromatic rings. The van der Waals surface area contributed by atoms with E-state index in [1.54, 1.807) is 43.5 Å². The van der Waals surface area contributed by atoms with Gasteiger partial charge in [-0.2, -0.15) is 5.26 Å². The van der Waals surface area contributed by atoms with Crippen LogP contribution in [0, 0.1) is 11.3 Å². The Morgan fingerprint density at radius 1 is 1.03 bits per heavy atom. The summed E-state index contributed by atoms with van der Waals surface area (Å²) < 4.78 is 5.20. The lowest BCUT2D eigenvalue weighted by Crippen LogP contribution is -2.24. The number of nitrogens with zero attached hydrogens (tertiary/aromatic N) is 2. The van der Waals surface area contributed by atoms with Crippen molar-refractivity contribution in [3.8, 4) is 23.1 Å². The number of pyridine rings is 1. The molecule has 2 amide bonds. The Hall–Kier alpha value is -3.83. The molecule has 0 spiro atoms. The third-order valence-electron chi connectivity index (χ3n) is 4.76. The normalized spacial score (nSPS) is 11.2. The number of hydrogen-bond donors (Lipinski definition) is 2. The third kappa shape index (κ3) is 6.34. The zero-order valence-corrected chi connectivity index (χ0v) is 19.4. The summed E-state index contributed by atoms with van der Waals surface area (Å²) >= 11 is 1.27. The SMILES string of the molecule is CCC(Sc1nc(-c2ccc(OC)cc2)ccc1C#N)C(=O)Nc1ccc(NC(C)=O)cc1. The van der Waals surface area contributed by atoms with E-state index in [-0.39, 0.29) is 11.8 Å². The van der Waals surface area contributed by atoms with Crippen LogP contribution in [0.15, 0.2) is 65.7 Å². The molecule has 0 aliphatic heterocycles. The van der Waals surface area contributed by atoms with Crippen molar-refractivity contribution in [1.29, 1.82) is 5.26 Å². The summed E-state index contributed by atoms with van der Waals surface area (Å²) in [5, 5.41) is 15.2. The highest BCUT2D eigenvalue weighted by atomic mass is 32.2. The molecule has 1 atom stereocenters. The van der Waals surface area contributed by atoms with Crippen molar-refractivity contribution in [3.05, 3.63) is 66.2 Å². The lowest BCUT2D eigenvalue weighted by molar-refractivity contribution is -0.116. The predicted octanol–water partition coefficient (Wildman–Crippen LogP) is 5.10. The summed E-state index contributed by atoms with van der Waals surface area (Å²) in [6.07, 6.45) is 0.555. The van der Waals surface area contributed by atoms with E-state index in [0.29, 0.717) is 34.1 Å². The van der Waals surface area contributed by atoms with Gasteiger partial charge in [-0.15, -0.1) is 0 Å². The Morgan fingerprint density at radius 3 is 2.21 bits per heavy atom. The van der Waals surface area contributed by atoms with Crippen LogP contribution in [-0.2, 0) is 9.59 Å². The van der Waals surface area contributed by atoms with Crippen LogP contribution in [-0.4, -0.2) is 29.2 Å². The molecule has 168 valence electrons. The van der Waals surface area contributed by atoms with E-state index in [1.165, 1.54) is 18.7 Å². The Balaban J connectivity index is 1.77.